The SMILES string of the molecule is CC.O=C(Nc1nc2cccc(-c3ccc(CN4CCOCC4=O)cc3)n2n1)C1CC1. The number of nitrogens with one attached hydrogen (secondary N) is 1. The lowest BCUT2D eigenvalue weighted by Gasteiger charge is -2.26. The number of anilines is 1. The van der Waals surface area contributed by atoms with Gasteiger partial charge in [-0.1, -0.05) is 44.2 Å². The Morgan fingerprint density at radius 2 is 1.94 bits per heavy atom. The van der Waals surface area contributed by atoms with E-state index < -0.39 is 0 Å². The van der Waals surface area contributed by atoms with Crippen molar-refractivity contribution in [2.45, 2.75) is 33.2 Å². The Kier molecular flexibility index (Phi) is 6.27. The van der Waals surface area contributed by atoms with Crippen molar-refractivity contribution in [3.63, 3.8) is 0 Å². The van der Waals surface area contributed by atoms with E-state index in [4.69, 9.17) is 4.74 Å². The van der Waals surface area contributed by atoms with Crippen LogP contribution in [-0.2, 0) is 20.9 Å². The Labute approximate surface area is 181 Å². The standard InChI is InChI=1S/C21H21N5O3.C2H6/c27-19-13-29-11-10-25(19)12-14-4-6-15(7-5-14)17-2-1-3-18-22-21(24-26(17)18)23-20(28)16-8-9-16;1-2/h1-7,16H,8-13H2,(H,23,24,28);1-2H3. The van der Waals surface area contributed by atoms with Crippen LogP contribution in [0.5, 0.6) is 0 Å². The van der Waals surface area contributed by atoms with Gasteiger partial charge in [0.15, 0.2) is 5.65 Å². The Balaban J connectivity index is 0.00000112. The van der Waals surface area contributed by atoms with Crippen LogP contribution in [0, 0.1) is 5.92 Å². The molecule has 8 nitrogen and oxygen atoms in total. The molecule has 5 rings (SSSR count). The van der Waals surface area contributed by atoms with Gasteiger partial charge in [-0.15, -0.1) is 5.10 Å². The zero-order valence-corrected chi connectivity index (χ0v) is 17.9. The highest BCUT2D eigenvalue weighted by Gasteiger charge is 2.30. The molecule has 0 unspecified atom stereocenters. The molecule has 0 spiro atoms. The maximum Gasteiger partial charge on any atom is 0.249 e. The van der Waals surface area contributed by atoms with E-state index >= 15 is 0 Å². The van der Waals surface area contributed by atoms with Crippen molar-refractivity contribution in [3.8, 4) is 11.3 Å². The summed E-state index contributed by atoms with van der Waals surface area (Å²) in [6, 6.07) is 13.8. The van der Waals surface area contributed by atoms with E-state index in [2.05, 4.69) is 15.4 Å². The Bertz CT molecular complexity index is 1070. The fraction of sp³-hybridized carbons (Fsp3) is 0.391. The topological polar surface area (TPSA) is 88.8 Å². The number of rotatable bonds is 5. The number of aromatic nitrogens is 3. The highest BCUT2D eigenvalue weighted by Crippen LogP contribution is 2.30. The van der Waals surface area contributed by atoms with Gasteiger partial charge in [-0.05, 0) is 30.5 Å². The average molecular weight is 422 g/mol. The molecule has 1 N–H and O–H groups in total. The van der Waals surface area contributed by atoms with Crippen molar-refractivity contribution in [2.75, 3.05) is 25.1 Å². The summed E-state index contributed by atoms with van der Waals surface area (Å²) in [7, 11) is 0. The molecule has 1 aliphatic carbocycles. The van der Waals surface area contributed by atoms with Crippen molar-refractivity contribution < 1.29 is 14.3 Å². The zero-order chi connectivity index (χ0) is 21.8. The monoisotopic (exact) mass is 421 g/mol. The number of amides is 2. The number of carbonyl (C=O) groups excluding carboxylic acids is 2. The van der Waals surface area contributed by atoms with E-state index in [0.717, 1.165) is 29.7 Å². The first kappa shape index (κ1) is 21.0. The third-order valence-corrected chi connectivity index (χ3v) is 5.25. The lowest BCUT2D eigenvalue weighted by Crippen LogP contribution is -2.40. The highest BCUT2D eigenvalue weighted by atomic mass is 16.5. The molecule has 0 bridgehead atoms. The van der Waals surface area contributed by atoms with E-state index in [9.17, 15) is 9.59 Å². The fourth-order valence-electron chi connectivity index (χ4n) is 3.45. The molecule has 1 aliphatic heterocycles. The largest absolute Gasteiger partial charge is 0.370 e. The third-order valence-electron chi connectivity index (χ3n) is 5.25. The number of ether oxygens (including phenoxy) is 1. The van der Waals surface area contributed by atoms with Crippen LogP contribution < -0.4 is 5.32 Å². The lowest BCUT2D eigenvalue weighted by atomic mass is 10.1. The Morgan fingerprint density at radius 3 is 2.65 bits per heavy atom. The van der Waals surface area contributed by atoms with Gasteiger partial charge in [0.05, 0.1) is 12.3 Å². The van der Waals surface area contributed by atoms with Gasteiger partial charge in [0, 0.05) is 24.6 Å². The molecule has 2 aliphatic rings. The number of benzene rings is 1. The van der Waals surface area contributed by atoms with Crippen LogP contribution in [0.1, 0.15) is 32.3 Å². The predicted octanol–water partition coefficient (Wildman–Crippen LogP) is 3.13. The van der Waals surface area contributed by atoms with Crippen molar-refractivity contribution >= 4 is 23.4 Å². The van der Waals surface area contributed by atoms with Gasteiger partial charge >= 0.3 is 0 Å². The number of pyridine rings is 1. The number of morpholine rings is 1. The number of carbonyl (C=O) groups is 2. The molecule has 0 atom stereocenters. The van der Waals surface area contributed by atoms with Crippen LogP contribution in [0.15, 0.2) is 42.5 Å². The number of hydrogen-bond donors (Lipinski definition) is 1. The van der Waals surface area contributed by atoms with Gasteiger partial charge < -0.3 is 9.64 Å². The second-order valence-electron chi connectivity index (χ2n) is 7.44. The lowest BCUT2D eigenvalue weighted by molar-refractivity contribution is -0.143. The fourth-order valence-corrected chi connectivity index (χ4v) is 3.45. The zero-order valence-electron chi connectivity index (χ0n) is 17.9. The highest BCUT2D eigenvalue weighted by molar-refractivity contribution is 5.92. The molecule has 0 radical (unpaired) electrons. The van der Waals surface area contributed by atoms with Crippen molar-refractivity contribution in [2.24, 2.45) is 5.92 Å². The molecule has 8 heteroatoms. The molecule has 3 heterocycles. The molecule has 2 aromatic heterocycles. The summed E-state index contributed by atoms with van der Waals surface area (Å²) in [5, 5.41) is 7.27. The van der Waals surface area contributed by atoms with Crippen molar-refractivity contribution in [1.82, 2.24) is 19.5 Å². The molecule has 1 saturated carbocycles. The minimum atomic E-state index is -0.00975. The molecular weight excluding hydrogens is 394 g/mol. The van der Waals surface area contributed by atoms with Crippen molar-refractivity contribution in [3.05, 3.63) is 48.0 Å². The first-order valence-corrected chi connectivity index (χ1v) is 10.8. The van der Waals surface area contributed by atoms with E-state index in [-0.39, 0.29) is 24.3 Å². The Hall–Kier alpha value is -3.26. The van der Waals surface area contributed by atoms with Crippen LogP contribution in [0.2, 0.25) is 0 Å². The first-order valence-electron chi connectivity index (χ1n) is 10.8. The summed E-state index contributed by atoms with van der Waals surface area (Å²) in [5.74, 6) is 0.446. The number of fused-ring (bicyclic) bond motifs is 1. The summed E-state index contributed by atoms with van der Waals surface area (Å²) in [6.45, 7) is 5.94. The van der Waals surface area contributed by atoms with Crippen LogP contribution in [0.25, 0.3) is 16.9 Å². The molecule has 1 saturated heterocycles. The van der Waals surface area contributed by atoms with Gasteiger partial charge in [0.2, 0.25) is 17.8 Å². The summed E-state index contributed by atoms with van der Waals surface area (Å²) in [5.41, 5.74) is 3.61. The third kappa shape index (κ3) is 4.74. The quantitative estimate of drug-likeness (QED) is 0.684. The van der Waals surface area contributed by atoms with E-state index in [1.165, 1.54) is 0 Å². The molecule has 31 heavy (non-hydrogen) atoms. The minimum Gasteiger partial charge on any atom is -0.370 e. The van der Waals surface area contributed by atoms with E-state index in [1.807, 2.05) is 61.2 Å². The van der Waals surface area contributed by atoms with Crippen LogP contribution in [0.3, 0.4) is 0 Å². The molecule has 162 valence electrons. The molecule has 1 aromatic carbocycles. The molecular formula is C23H27N5O3. The minimum absolute atomic E-state index is 0.00975. The van der Waals surface area contributed by atoms with Crippen LogP contribution in [0.4, 0.5) is 5.95 Å². The molecule has 3 aromatic rings. The first-order chi connectivity index (χ1) is 15.2. The average Bonchev–Trinajstić information content (AvgIpc) is 3.57. The summed E-state index contributed by atoms with van der Waals surface area (Å²) in [4.78, 5) is 30.1. The Morgan fingerprint density at radius 1 is 1.16 bits per heavy atom. The van der Waals surface area contributed by atoms with E-state index in [1.54, 1.807) is 4.52 Å². The van der Waals surface area contributed by atoms with Crippen LogP contribution >= 0.6 is 0 Å². The van der Waals surface area contributed by atoms with Gasteiger partial charge in [0.25, 0.3) is 0 Å². The van der Waals surface area contributed by atoms with E-state index in [0.29, 0.717) is 31.3 Å². The van der Waals surface area contributed by atoms with Gasteiger partial charge in [0.1, 0.15) is 6.61 Å². The summed E-state index contributed by atoms with van der Waals surface area (Å²) in [6.07, 6.45) is 1.87. The smallest absolute Gasteiger partial charge is 0.249 e. The summed E-state index contributed by atoms with van der Waals surface area (Å²) < 4.78 is 6.92. The maximum atomic E-state index is 12.0. The second kappa shape index (κ2) is 9.26. The number of hydrogen-bond acceptors (Lipinski definition) is 5. The normalized spacial score (nSPS) is 16.1. The number of nitrogens with zero attached hydrogens (tertiary/aromatic N) is 4. The molecule has 2 fully saturated rings. The maximum absolute atomic E-state index is 12.0. The predicted molar refractivity (Wildman–Crippen MR) is 117 cm³/mol. The second-order valence-corrected chi connectivity index (χ2v) is 7.44. The van der Waals surface area contributed by atoms with Gasteiger partial charge in [-0.25, -0.2) is 4.52 Å². The van der Waals surface area contributed by atoms with Gasteiger partial charge in [-0.2, -0.15) is 4.98 Å². The van der Waals surface area contributed by atoms with Gasteiger partial charge in [-0.3, -0.25) is 14.9 Å². The summed E-state index contributed by atoms with van der Waals surface area (Å²) >= 11 is 0. The van der Waals surface area contributed by atoms with Crippen molar-refractivity contribution in [1.29, 1.82) is 0 Å². The van der Waals surface area contributed by atoms with Crippen LogP contribution in [-0.4, -0.2) is 51.1 Å². The molecule has 2 amide bonds.